The lowest BCUT2D eigenvalue weighted by atomic mass is 9.46. The van der Waals surface area contributed by atoms with Crippen molar-refractivity contribution in [1.82, 2.24) is 0 Å². The third-order valence-corrected chi connectivity index (χ3v) is 10.7. The van der Waals surface area contributed by atoms with E-state index < -0.39 is 0 Å². The molecule has 0 heterocycles. The largest absolute Gasteiger partial charge is 0.172 e. The van der Waals surface area contributed by atoms with Gasteiger partial charge < -0.3 is 0 Å². The summed E-state index contributed by atoms with van der Waals surface area (Å²) in [7, 11) is 0. The molecule has 0 radical (unpaired) electrons. The predicted octanol–water partition coefficient (Wildman–Crippen LogP) is 8.33. The summed E-state index contributed by atoms with van der Waals surface area (Å²) in [5.74, 6) is 5.76. The van der Waals surface area contributed by atoms with Crippen molar-refractivity contribution in [3.63, 3.8) is 0 Å². The van der Waals surface area contributed by atoms with Crippen LogP contribution in [0.2, 0.25) is 0 Å². The van der Waals surface area contributed by atoms with Gasteiger partial charge in [0, 0.05) is 5.25 Å². The van der Waals surface area contributed by atoms with Gasteiger partial charge in [-0.1, -0.05) is 65.5 Å². The molecule has 0 aromatic heterocycles. The Morgan fingerprint density at radius 1 is 0.964 bits per heavy atom. The molecule has 0 aliphatic heterocycles. The van der Waals surface area contributed by atoms with Crippen molar-refractivity contribution >= 4 is 12.6 Å². The van der Waals surface area contributed by atoms with Crippen molar-refractivity contribution in [2.45, 2.75) is 110 Å². The van der Waals surface area contributed by atoms with Crippen molar-refractivity contribution in [1.29, 1.82) is 0 Å². The van der Waals surface area contributed by atoms with Crippen LogP contribution in [0.15, 0.2) is 11.6 Å². The maximum absolute atomic E-state index is 4.81. The summed E-state index contributed by atoms with van der Waals surface area (Å²) in [5, 5.41) is 0.524. The maximum Gasteiger partial charge on any atom is 0.0199 e. The van der Waals surface area contributed by atoms with Crippen molar-refractivity contribution in [2.75, 3.05) is 0 Å². The molecule has 0 aromatic rings. The zero-order valence-electron chi connectivity index (χ0n) is 19.3. The van der Waals surface area contributed by atoms with Gasteiger partial charge in [0.05, 0.1) is 0 Å². The van der Waals surface area contributed by atoms with Crippen LogP contribution in [-0.2, 0) is 0 Å². The molecule has 28 heavy (non-hydrogen) atoms. The van der Waals surface area contributed by atoms with Gasteiger partial charge in [-0.15, -0.1) is 0 Å². The molecule has 3 saturated carbocycles. The average molecular weight is 403 g/mol. The van der Waals surface area contributed by atoms with E-state index in [2.05, 4.69) is 40.7 Å². The van der Waals surface area contributed by atoms with Crippen LogP contribution in [0.4, 0.5) is 0 Å². The normalized spacial score (nSPS) is 46.5. The third-order valence-electron chi connectivity index (χ3n) is 10.3. The number of hydrogen-bond acceptors (Lipinski definition) is 1. The number of thiol groups is 1. The highest BCUT2D eigenvalue weighted by molar-refractivity contribution is 7.81. The van der Waals surface area contributed by atoms with Gasteiger partial charge in [0.1, 0.15) is 0 Å². The second-order valence-electron chi connectivity index (χ2n) is 12.2. The van der Waals surface area contributed by atoms with Crippen LogP contribution in [-0.4, -0.2) is 5.25 Å². The van der Waals surface area contributed by atoms with Gasteiger partial charge in [0.25, 0.3) is 0 Å². The molecule has 0 spiro atoms. The molecular formula is C27H46S. The summed E-state index contributed by atoms with van der Waals surface area (Å²) < 4.78 is 0. The van der Waals surface area contributed by atoms with Crippen LogP contribution >= 0.6 is 12.6 Å². The molecule has 4 aliphatic carbocycles. The van der Waals surface area contributed by atoms with Crippen molar-refractivity contribution in [2.24, 2.45) is 46.3 Å². The van der Waals surface area contributed by atoms with Crippen LogP contribution in [0, 0.1) is 46.3 Å². The fourth-order valence-corrected chi connectivity index (χ4v) is 9.04. The van der Waals surface area contributed by atoms with E-state index in [-0.39, 0.29) is 0 Å². The van der Waals surface area contributed by atoms with E-state index in [4.69, 9.17) is 12.6 Å². The lowest BCUT2D eigenvalue weighted by Crippen LogP contribution is -2.51. The van der Waals surface area contributed by atoms with Crippen molar-refractivity contribution in [3.8, 4) is 0 Å². The minimum Gasteiger partial charge on any atom is -0.172 e. The first-order chi connectivity index (χ1) is 13.3. The fraction of sp³-hybridized carbons (Fsp3) is 0.926. The molecule has 0 bridgehead atoms. The van der Waals surface area contributed by atoms with Gasteiger partial charge in [-0.2, -0.15) is 12.6 Å². The highest BCUT2D eigenvalue weighted by atomic mass is 32.1. The number of allylic oxidation sites excluding steroid dienone is 1. The lowest BCUT2D eigenvalue weighted by Gasteiger charge is -2.59. The Kier molecular flexibility index (Phi) is 6.07. The Morgan fingerprint density at radius 2 is 1.75 bits per heavy atom. The van der Waals surface area contributed by atoms with Crippen molar-refractivity contribution < 1.29 is 0 Å². The van der Waals surface area contributed by atoms with Crippen LogP contribution in [0.1, 0.15) is 105 Å². The molecule has 3 fully saturated rings. The van der Waals surface area contributed by atoms with E-state index in [1.165, 1.54) is 70.6 Å². The standard InChI is InChI=1S/C27H46S/c1-18(2)7-6-8-19(3)23-11-12-24-22-10-9-20-17-21(28)13-15-26(20,4)25(22)14-16-27(23,24)5/h17-19,21-25,28H,6-16H2,1-5H3/t19?,21-,22?,23+,24?,25?,26-,27+/m0/s1. The summed E-state index contributed by atoms with van der Waals surface area (Å²) in [6.07, 6.45) is 18.5. The molecular weight excluding hydrogens is 356 g/mol. The van der Waals surface area contributed by atoms with Gasteiger partial charge in [-0.25, -0.2) is 0 Å². The molecule has 0 N–H and O–H groups in total. The summed E-state index contributed by atoms with van der Waals surface area (Å²) >= 11 is 4.81. The SMILES string of the molecule is CC(C)CCCC(C)[C@H]1CCC2C3CCC4=C[C@@H](S)CC[C@]4(C)C3CC[C@@]21C. The minimum atomic E-state index is 0.504. The lowest BCUT2D eigenvalue weighted by molar-refractivity contribution is -0.0590. The van der Waals surface area contributed by atoms with E-state index in [0.29, 0.717) is 16.1 Å². The van der Waals surface area contributed by atoms with E-state index in [0.717, 1.165) is 35.5 Å². The molecule has 8 atom stereocenters. The predicted molar refractivity (Wildman–Crippen MR) is 126 cm³/mol. The van der Waals surface area contributed by atoms with Crippen LogP contribution in [0.25, 0.3) is 0 Å². The van der Waals surface area contributed by atoms with Gasteiger partial charge in [-0.05, 0) is 97.7 Å². The number of rotatable bonds is 5. The van der Waals surface area contributed by atoms with Gasteiger partial charge in [0.2, 0.25) is 0 Å². The topological polar surface area (TPSA) is 0 Å². The average Bonchev–Trinajstić information content (AvgIpc) is 2.99. The van der Waals surface area contributed by atoms with E-state index in [9.17, 15) is 0 Å². The zero-order valence-corrected chi connectivity index (χ0v) is 20.2. The monoisotopic (exact) mass is 402 g/mol. The molecule has 0 aromatic carbocycles. The van der Waals surface area contributed by atoms with Gasteiger partial charge >= 0.3 is 0 Å². The van der Waals surface area contributed by atoms with Crippen LogP contribution < -0.4 is 0 Å². The van der Waals surface area contributed by atoms with Crippen LogP contribution in [0.3, 0.4) is 0 Å². The van der Waals surface area contributed by atoms with Gasteiger partial charge in [0.15, 0.2) is 0 Å². The first-order valence-electron chi connectivity index (χ1n) is 12.6. The highest BCUT2D eigenvalue weighted by Gasteiger charge is 2.59. The van der Waals surface area contributed by atoms with Gasteiger partial charge in [-0.3, -0.25) is 0 Å². The number of hydrogen-bond donors (Lipinski definition) is 1. The Morgan fingerprint density at radius 3 is 2.50 bits per heavy atom. The first kappa shape index (κ1) is 21.3. The second-order valence-corrected chi connectivity index (χ2v) is 12.8. The summed E-state index contributed by atoms with van der Waals surface area (Å²) in [6, 6.07) is 0. The second kappa shape index (κ2) is 7.97. The molecule has 4 unspecified atom stereocenters. The molecule has 0 nitrogen and oxygen atoms in total. The molecule has 4 rings (SSSR count). The molecule has 4 aliphatic rings. The molecule has 0 saturated heterocycles. The summed E-state index contributed by atoms with van der Waals surface area (Å²) in [6.45, 7) is 12.7. The highest BCUT2D eigenvalue weighted by Crippen LogP contribution is 2.67. The Balaban J connectivity index is 1.48. The first-order valence-corrected chi connectivity index (χ1v) is 13.2. The Labute approximate surface area is 181 Å². The molecule has 0 amide bonds. The summed E-state index contributed by atoms with van der Waals surface area (Å²) in [4.78, 5) is 0. The zero-order chi connectivity index (χ0) is 20.1. The van der Waals surface area contributed by atoms with Crippen LogP contribution in [0.5, 0.6) is 0 Å². The van der Waals surface area contributed by atoms with E-state index in [1.54, 1.807) is 5.57 Å². The fourth-order valence-electron chi connectivity index (χ4n) is 8.73. The Hall–Kier alpha value is 0.0900. The van der Waals surface area contributed by atoms with E-state index >= 15 is 0 Å². The van der Waals surface area contributed by atoms with Crippen molar-refractivity contribution in [3.05, 3.63) is 11.6 Å². The molecule has 160 valence electrons. The third kappa shape index (κ3) is 3.54. The number of fused-ring (bicyclic) bond motifs is 5. The Bertz CT molecular complexity index is 591. The smallest absolute Gasteiger partial charge is 0.0199 e. The van der Waals surface area contributed by atoms with E-state index in [1.807, 2.05) is 0 Å². The quantitative estimate of drug-likeness (QED) is 0.347. The molecule has 1 heteroatoms. The maximum atomic E-state index is 4.81. The minimum absolute atomic E-state index is 0.504. The summed E-state index contributed by atoms with van der Waals surface area (Å²) in [5.41, 5.74) is 2.93.